The number of hydrogen-bond acceptors (Lipinski definition) is 4. The molecular formula is C15H12F2N2O3S. The molecule has 0 unspecified atom stereocenters. The van der Waals surface area contributed by atoms with Gasteiger partial charge in [-0.05, 0) is 31.2 Å². The number of nitrogens with one attached hydrogen (secondary N) is 1. The minimum atomic E-state index is -0.772. The van der Waals surface area contributed by atoms with E-state index in [-0.39, 0.29) is 16.3 Å². The lowest BCUT2D eigenvalue weighted by molar-refractivity contribution is -0.383. The monoisotopic (exact) mass is 338 g/mol. The van der Waals surface area contributed by atoms with E-state index in [4.69, 9.17) is 0 Å². The van der Waals surface area contributed by atoms with Gasteiger partial charge in [-0.25, -0.2) is 8.78 Å². The Morgan fingerprint density at radius 1 is 1.26 bits per heavy atom. The molecule has 2 aromatic rings. The Morgan fingerprint density at radius 3 is 2.65 bits per heavy atom. The molecule has 0 aliphatic heterocycles. The first-order chi connectivity index (χ1) is 10.9. The molecule has 120 valence electrons. The molecule has 0 aromatic heterocycles. The summed E-state index contributed by atoms with van der Waals surface area (Å²) in [6.07, 6.45) is 0. The Morgan fingerprint density at radius 2 is 1.96 bits per heavy atom. The first kappa shape index (κ1) is 16.9. The smallest absolute Gasteiger partial charge is 0.292 e. The summed E-state index contributed by atoms with van der Waals surface area (Å²) in [5.41, 5.74) is -0.190. The van der Waals surface area contributed by atoms with Crippen molar-refractivity contribution in [1.82, 2.24) is 0 Å². The number of hydrogen-bond donors (Lipinski definition) is 1. The van der Waals surface area contributed by atoms with Crippen molar-refractivity contribution in [2.24, 2.45) is 0 Å². The third-order valence-corrected chi connectivity index (χ3v) is 4.06. The van der Waals surface area contributed by atoms with Crippen LogP contribution in [0.3, 0.4) is 0 Å². The lowest BCUT2D eigenvalue weighted by Crippen LogP contribution is -2.23. The maximum atomic E-state index is 13.6. The Bertz CT molecular complexity index is 755. The van der Waals surface area contributed by atoms with Crippen LogP contribution < -0.4 is 5.32 Å². The maximum Gasteiger partial charge on any atom is 0.292 e. The molecule has 0 aliphatic rings. The molecule has 1 amide bonds. The van der Waals surface area contributed by atoms with Crippen LogP contribution in [0.4, 0.5) is 20.2 Å². The predicted molar refractivity (Wildman–Crippen MR) is 83.4 cm³/mol. The second-order valence-electron chi connectivity index (χ2n) is 4.60. The van der Waals surface area contributed by atoms with Gasteiger partial charge in [0.1, 0.15) is 17.3 Å². The van der Waals surface area contributed by atoms with Crippen molar-refractivity contribution >= 4 is 29.0 Å². The van der Waals surface area contributed by atoms with Gasteiger partial charge in [0.25, 0.3) is 5.69 Å². The normalized spacial score (nSPS) is 11.8. The molecular weight excluding hydrogens is 326 g/mol. The van der Waals surface area contributed by atoms with Crippen LogP contribution in [0.1, 0.15) is 6.92 Å². The molecule has 5 nitrogen and oxygen atoms in total. The van der Waals surface area contributed by atoms with Crippen LogP contribution in [0.15, 0.2) is 47.4 Å². The topological polar surface area (TPSA) is 72.2 Å². The molecule has 1 N–H and O–H groups in total. The quantitative estimate of drug-likeness (QED) is 0.508. The predicted octanol–water partition coefficient (Wildman–Crippen LogP) is 3.99. The third-order valence-electron chi connectivity index (χ3n) is 2.92. The van der Waals surface area contributed by atoms with Gasteiger partial charge < -0.3 is 5.32 Å². The number of nitro groups is 1. The van der Waals surface area contributed by atoms with Gasteiger partial charge in [-0.1, -0.05) is 12.1 Å². The molecule has 0 heterocycles. The summed E-state index contributed by atoms with van der Waals surface area (Å²) in [6.45, 7) is 1.50. The molecule has 23 heavy (non-hydrogen) atoms. The number of para-hydroxylation sites is 2. The number of anilines is 1. The van der Waals surface area contributed by atoms with E-state index >= 15 is 0 Å². The molecule has 0 spiro atoms. The van der Waals surface area contributed by atoms with Gasteiger partial charge in [-0.2, -0.15) is 0 Å². The molecule has 0 bridgehead atoms. The van der Waals surface area contributed by atoms with Crippen molar-refractivity contribution in [3.8, 4) is 0 Å². The average Bonchev–Trinajstić information content (AvgIpc) is 2.51. The van der Waals surface area contributed by atoms with Crippen molar-refractivity contribution in [1.29, 1.82) is 0 Å². The molecule has 1 atom stereocenters. The first-order valence-electron chi connectivity index (χ1n) is 6.54. The highest BCUT2D eigenvalue weighted by Gasteiger charge is 2.20. The fraction of sp³-hybridized carbons (Fsp3) is 0.133. The van der Waals surface area contributed by atoms with E-state index in [0.29, 0.717) is 0 Å². The van der Waals surface area contributed by atoms with Crippen LogP contribution in [-0.2, 0) is 4.79 Å². The van der Waals surface area contributed by atoms with E-state index in [1.165, 1.54) is 25.1 Å². The van der Waals surface area contributed by atoms with E-state index in [9.17, 15) is 23.7 Å². The van der Waals surface area contributed by atoms with Gasteiger partial charge in [0, 0.05) is 11.0 Å². The molecule has 8 heteroatoms. The van der Waals surface area contributed by atoms with E-state index in [1.54, 1.807) is 6.07 Å². The van der Waals surface area contributed by atoms with E-state index in [1.807, 2.05) is 0 Å². The van der Waals surface area contributed by atoms with E-state index < -0.39 is 27.7 Å². The fourth-order valence-electron chi connectivity index (χ4n) is 1.78. The minimum absolute atomic E-state index is 0.00443. The summed E-state index contributed by atoms with van der Waals surface area (Å²) in [4.78, 5) is 22.4. The third kappa shape index (κ3) is 4.26. The molecule has 0 saturated carbocycles. The Labute approximate surface area is 134 Å². The highest BCUT2D eigenvalue weighted by atomic mass is 32.2. The van der Waals surface area contributed by atoms with Crippen molar-refractivity contribution < 1.29 is 18.5 Å². The molecule has 0 radical (unpaired) electrons. The van der Waals surface area contributed by atoms with Gasteiger partial charge in [-0.3, -0.25) is 14.9 Å². The van der Waals surface area contributed by atoms with Gasteiger partial charge in [-0.15, -0.1) is 11.8 Å². The Balaban J connectivity index is 2.12. The Kier molecular flexibility index (Phi) is 5.28. The first-order valence-corrected chi connectivity index (χ1v) is 7.42. The van der Waals surface area contributed by atoms with Gasteiger partial charge >= 0.3 is 0 Å². The number of thioether (sulfide) groups is 1. The molecule has 2 aromatic carbocycles. The van der Waals surface area contributed by atoms with Crippen molar-refractivity contribution in [2.75, 3.05) is 5.32 Å². The van der Waals surface area contributed by atoms with Gasteiger partial charge in [0.15, 0.2) is 0 Å². The SMILES string of the molecule is C[C@H](Sc1cc(F)ccc1F)C(=O)Nc1ccccc1[N+](=O)[O-]. The van der Waals surface area contributed by atoms with Crippen molar-refractivity contribution in [3.63, 3.8) is 0 Å². The van der Waals surface area contributed by atoms with Crippen molar-refractivity contribution in [2.45, 2.75) is 17.1 Å². The van der Waals surface area contributed by atoms with E-state index in [2.05, 4.69) is 5.32 Å². The zero-order chi connectivity index (χ0) is 17.0. The van der Waals surface area contributed by atoms with Crippen molar-refractivity contribution in [3.05, 3.63) is 64.2 Å². The minimum Gasteiger partial charge on any atom is -0.319 e. The number of nitro benzene ring substituents is 1. The zero-order valence-electron chi connectivity index (χ0n) is 12.0. The second kappa shape index (κ2) is 7.19. The van der Waals surface area contributed by atoms with Crippen LogP contribution in [0, 0.1) is 21.7 Å². The lowest BCUT2D eigenvalue weighted by Gasteiger charge is -2.12. The second-order valence-corrected chi connectivity index (χ2v) is 5.98. The van der Waals surface area contributed by atoms with Gasteiger partial charge in [0.2, 0.25) is 5.91 Å². The number of amides is 1. The lowest BCUT2D eigenvalue weighted by atomic mass is 10.2. The molecule has 0 fully saturated rings. The number of nitrogens with zero attached hydrogens (tertiary/aromatic N) is 1. The van der Waals surface area contributed by atoms with Gasteiger partial charge in [0.05, 0.1) is 10.2 Å². The standard InChI is InChI=1S/C15H12F2N2O3S/c1-9(23-14-8-10(16)6-7-11(14)17)15(20)18-12-4-2-3-5-13(12)19(21)22/h2-9H,1H3,(H,18,20)/t9-/m0/s1. The van der Waals surface area contributed by atoms with Crippen LogP contribution in [0.2, 0.25) is 0 Å². The zero-order valence-corrected chi connectivity index (χ0v) is 12.8. The maximum absolute atomic E-state index is 13.6. The number of carbonyl (C=O) groups is 1. The summed E-state index contributed by atoms with van der Waals surface area (Å²) in [5, 5.41) is 12.6. The fourth-order valence-corrected chi connectivity index (χ4v) is 2.69. The molecule has 0 aliphatic carbocycles. The number of halogens is 2. The largest absolute Gasteiger partial charge is 0.319 e. The highest BCUT2D eigenvalue weighted by Crippen LogP contribution is 2.29. The van der Waals surface area contributed by atoms with Crippen LogP contribution in [0.5, 0.6) is 0 Å². The van der Waals surface area contributed by atoms with Crippen LogP contribution in [-0.4, -0.2) is 16.1 Å². The number of carbonyl (C=O) groups excluding carboxylic acids is 1. The Hall–Kier alpha value is -2.48. The average molecular weight is 338 g/mol. The summed E-state index contributed by atoms with van der Waals surface area (Å²) in [7, 11) is 0. The molecule has 2 rings (SSSR count). The number of rotatable bonds is 5. The van der Waals surface area contributed by atoms with E-state index in [0.717, 1.165) is 30.0 Å². The summed E-state index contributed by atoms with van der Waals surface area (Å²) >= 11 is 0.829. The summed E-state index contributed by atoms with van der Waals surface area (Å²) < 4.78 is 26.7. The highest BCUT2D eigenvalue weighted by molar-refractivity contribution is 8.00. The number of benzene rings is 2. The summed E-state index contributed by atoms with van der Waals surface area (Å²) in [5.74, 6) is -1.80. The van der Waals surface area contributed by atoms with Crippen LogP contribution in [0.25, 0.3) is 0 Å². The summed E-state index contributed by atoms with van der Waals surface area (Å²) in [6, 6.07) is 8.65. The van der Waals surface area contributed by atoms with Crippen LogP contribution >= 0.6 is 11.8 Å². The molecule has 0 saturated heterocycles.